The molecular weight excluding hydrogens is 288 g/mol. The summed E-state index contributed by atoms with van der Waals surface area (Å²) in [7, 11) is 4.00. The Morgan fingerprint density at radius 1 is 1.17 bits per heavy atom. The zero-order valence-electron chi connectivity index (χ0n) is 13.8. The van der Waals surface area contributed by atoms with Gasteiger partial charge in [0.05, 0.1) is 23.4 Å². The monoisotopic (exact) mass is 310 g/mol. The van der Waals surface area contributed by atoms with E-state index in [1.807, 2.05) is 42.9 Å². The molecule has 0 amide bonds. The maximum atomic E-state index is 5.65. The second-order valence-corrected chi connectivity index (χ2v) is 5.87. The van der Waals surface area contributed by atoms with Crippen molar-refractivity contribution in [2.75, 3.05) is 7.05 Å². The SMILES string of the molecule is Cc1nc(CN(C)Cc2cc(CN)nn2C)nc2ccccc12. The van der Waals surface area contributed by atoms with Crippen molar-refractivity contribution in [1.82, 2.24) is 24.6 Å². The van der Waals surface area contributed by atoms with Crippen molar-refractivity contribution in [2.45, 2.75) is 26.6 Å². The summed E-state index contributed by atoms with van der Waals surface area (Å²) in [5.74, 6) is 0.838. The number of rotatable bonds is 5. The third-order valence-electron chi connectivity index (χ3n) is 3.92. The van der Waals surface area contributed by atoms with Crippen molar-refractivity contribution < 1.29 is 0 Å². The van der Waals surface area contributed by atoms with Gasteiger partial charge in [0.2, 0.25) is 0 Å². The maximum absolute atomic E-state index is 5.65. The highest BCUT2D eigenvalue weighted by molar-refractivity contribution is 5.80. The van der Waals surface area contributed by atoms with Crippen LogP contribution in [0, 0.1) is 6.92 Å². The Labute approximate surface area is 136 Å². The third-order valence-corrected chi connectivity index (χ3v) is 3.92. The van der Waals surface area contributed by atoms with Crippen molar-refractivity contribution in [1.29, 1.82) is 0 Å². The molecule has 0 saturated carbocycles. The standard InChI is InChI=1S/C17H22N6/c1-12-15-6-4-5-7-16(15)20-17(19-12)11-22(2)10-14-8-13(9-18)21-23(14)3/h4-8H,9-11,18H2,1-3H3. The zero-order valence-corrected chi connectivity index (χ0v) is 13.8. The summed E-state index contributed by atoms with van der Waals surface area (Å²) in [6.07, 6.45) is 0. The third kappa shape index (κ3) is 3.38. The molecule has 6 nitrogen and oxygen atoms in total. The van der Waals surface area contributed by atoms with Crippen molar-refractivity contribution >= 4 is 10.9 Å². The minimum atomic E-state index is 0.463. The van der Waals surface area contributed by atoms with E-state index in [0.717, 1.165) is 40.4 Å². The first-order chi connectivity index (χ1) is 11.1. The van der Waals surface area contributed by atoms with Gasteiger partial charge in [0.1, 0.15) is 5.82 Å². The van der Waals surface area contributed by atoms with Gasteiger partial charge in [0, 0.05) is 31.2 Å². The molecule has 0 bridgehead atoms. The number of nitrogens with two attached hydrogens (primary N) is 1. The number of hydrogen-bond donors (Lipinski definition) is 1. The Kier molecular flexibility index (Phi) is 4.36. The van der Waals surface area contributed by atoms with Crippen molar-refractivity contribution in [3.8, 4) is 0 Å². The molecule has 2 N–H and O–H groups in total. The Balaban J connectivity index is 1.77. The molecule has 0 aliphatic carbocycles. The topological polar surface area (TPSA) is 72.9 Å². The van der Waals surface area contributed by atoms with E-state index in [-0.39, 0.29) is 0 Å². The first-order valence-electron chi connectivity index (χ1n) is 7.69. The van der Waals surface area contributed by atoms with Gasteiger partial charge in [-0.3, -0.25) is 9.58 Å². The molecule has 0 saturated heterocycles. The summed E-state index contributed by atoms with van der Waals surface area (Å²) in [6, 6.07) is 10.2. The fourth-order valence-electron chi connectivity index (χ4n) is 2.76. The van der Waals surface area contributed by atoms with Crippen molar-refractivity contribution in [2.24, 2.45) is 12.8 Å². The van der Waals surface area contributed by atoms with Gasteiger partial charge in [-0.15, -0.1) is 0 Å². The van der Waals surface area contributed by atoms with Crippen LogP contribution in [0.3, 0.4) is 0 Å². The molecule has 120 valence electrons. The van der Waals surface area contributed by atoms with E-state index < -0.39 is 0 Å². The van der Waals surface area contributed by atoms with Gasteiger partial charge in [0.15, 0.2) is 0 Å². The molecule has 0 atom stereocenters. The fraction of sp³-hybridized carbons (Fsp3) is 0.353. The number of para-hydroxylation sites is 1. The molecule has 0 aliphatic heterocycles. The molecular formula is C17H22N6. The lowest BCUT2D eigenvalue weighted by molar-refractivity contribution is 0.302. The van der Waals surface area contributed by atoms with Crippen LogP contribution >= 0.6 is 0 Å². The Bertz CT molecular complexity index is 823. The summed E-state index contributed by atoms with van der Waals surface area (Å²) in [5.41, 5.74) is 9.70. The van der Waals surface area contributed by atoms with Gasteiger partial charge in [-0.2, -0.15) is 5.10 Å². The minimum absolute atomic E-state index is 0.463. The van der Waals surface area contributed by atoms with E-state index >= 15 is 0 Å². The summed E-state index contributed by atoms with van der Waals surface area (Å²) in [6.45, 7) is 3.96. The molecule has 3 rings (SSSR count). The first-order valence-corrected chi connectivity index (χ1v) is 7.69. The van der Waals surface area contributed by atoms with E-state index in [1.54, 1.807) is 0 Å². The normalized spacial score (nSPS) is 11.5. The van der Waals surface area contributed by atoms with Crippen molar-refractivity contribution in [3.63, 3.8) is 0 Å². The summed E-state index contributed by atoms with van der Waals surface area (Å²) >= 11 is 0. The highest BCUT2D eigenvalue weighted by atomic mass is 15.3. The molecule has 2 heterocycles. The van der Waals surface area contributed by atoms with Crippen LogP contribution in [0.15, 0.2) is 30.3 Å². The lowest BCUT2D eigenvalue weighted by atomic mass is 10.2. The predicted molar refractivity (Wildman–Crippen MR) is 90.5 cm³/mol. The van der Waals surface area contributed by atoms with Crippen LogP contribution in [0.1, 0.15) is 22.9 Å². The molecule has 0 radical (unpaired) electrons. The molecule has 0 unspecified atom stereocenters. The fourth-order valence-corrected chi connectivity index (χ4v) is 2.76. The summed E-state index contributed by atoms with van der Waals surface area (Å²) < 4.78 is 1.88. The molecule has 0 aliphatic rings. The Hall–Kier alpha value is -2.31. The van der Waals surface area contributed by atoms with E-state index in [4.69, 9.17) is 5.73 Å². The van der Waals surface area contributed by atoms with Crippen LogP contribution in [0.2, 0.25) is 0 Å². The molecule has 2 aromatic heterocycles. The van der Waals surface area contributed by atoms with E-state index in [0.29, 0.717) is 13.1 Å². The lowest BCUT2D eigenvalue weighted by Gasteiger charge is -2.16. The van der Waals surface area contributed by atoms with E-state index in [9.17, 15) is 0 Å². The molecule has 3 aromatic rings. The van der Waals surface area contributed by atoms with Crippen molar-refractivity contribution in [3.05, 3.63) is 53.2 Å². The minimum Gasteiger partial charge on any atom is -0.325 e. The van der Waals surface area contributed by atoms with Gasteiger partial charge in [-0.1, -0.05) is 18.2 Å². The molecule has 0 fully saturated rings. The Morgan fingerprint density at radius 2 is 1.96 bits per heavy atom. The predicted octanol–water partition coefficient (Wildman–Crippen LogP) is 1.76. The number of aryl methyl sites for hydroxylation is 2. The quantitative estimate of drug-likeness (QED) is 0.777. The first kappa shape index (κ1) is 15.6. The van der Waals surface area contributed by atoms with Crippen LogP contribution in [0.25, 0.3) is 10.9 Å². The van der Waals surface area contributed by atoms with Crippen LogP contribution in [0.5, 0.6) is 0 Å². The second kappa shape index (κ2) is 6.44. The largest absolute Gasteiger partial charge is 0.325 e. The van der Waals surface area contributed by atoms with Gasteiger partial charge in [-0.25, -0.2) is 9.97 Å². The number of benzene rings is 1. The van der Waals surface area contributed by atoms with Gasteiger partial charge < -0.3 is 5.73 Å². The number of hydrogen-bond acceptors (Lipinski definition) is 5. The average Bonchev–Trinajstić information content (AvgIpc) is 2.87. The Morgan fingerprint density at radius 3 is 2.70 bits per heavy atom. The summed E-state index contributed by atoms with van der Waals surface area (Å²) in [4.78, 5) is 11.5. The smallest absolute Gasteiger partial charge is 0.143 e. The van der Waals surface area contributed by atoms with E-state index in [2.05, 4.69) is 33.1 Å². The number of aromatic nitrogens is 4. The van der Waals surface area contributed by atoms with Gasteiger partial charge in [-0.05, 0) is 26.1 Å². The highest BCUT2D eigenvalue weighted by Gasteiger charge is 2.10. The molecule has 1 aromatic carbocycles. The van der Waals surface area contributed by atoms with E-state index in [1.165, 1.54) is 0 Å². The molecule has 0 spiro atoms. The number of fused-ring (bicyclic) bond motifs is 1. The van der Waals surface area contributed by atoms with Gasteiger partial charge >= 0.3 is 0 Å². The maximum Gasteiger partial charge on any atom is 0.143 e. The summed E-state index contributed by atoms with van der Waals surface area (Å²) in [5, 5.41) is 5.49. The molecule has 6 heteroatoms. The van der Waals surface area contributed by atoms with Crippen LogP contribution < -0.4 is 5.73 Å². The number of nitrogens with zero attached hydrogens (tertiary/aromatic N) is 5. The van der Waals surface area contributed by atoms with Crippen LogP contribution in [-0.2, 0) is 26.7 Å². The second-order valence-electron chi connectivity index (χ2n) is 5.87. The highest BCUT2D eigenvalue weighted by Crippen LogP contribution is 2.15. The average molecular weight is 310 g/mol. The van der Waals surface area contributed by atoms with Crippen LogP contribution in [-0.4, -0.2) is 31.7 Å². The zero-order chi connectivity index (χ0) is 16.4. The lowest BCUT2D eigenvalue weighted by Crippen LogP contribution is -2.20. The van der Waals surface area contributed by atoms with Crippen LogP contribution in [0.4, 0.5) is 0 Å². The van der Waals surface area contributed by atoms with Gasteiger partial charge in [0.25, 0.3) is 0 Å². The molecule has 23 heavy (non-hydrogen) atoms.